The van der Waals surface area contributed by atoms with Crippen molar-refractivity contribution in [2.75, 3.05) is 24.3 Å². The van der Waals surface area contributed by atoms with E-state index in [9.17, 15) is 9.59 Å². The molecule has 2 aromatic heterocycles. The number of nitrogens with one attached hydrogen (secondary N) is 1. The topological polar surface area (TPSA) is 89.3 Å². The van der Waals surface area contributed by atoms with Crippen molar-refractivity contribution in [3.05, 3.63) is 69.3 Å². The smallest absolute Gasteiger partial charge is 0.302 e. The zero-order valence-corrected chi connectivity index (χ0v) is 20.5. The second-order valence-electron chi connectivity index (χ2n) is 8.87. The van der Waals surface area contributed by atoms with E-state index in [4.69, 9.17) is 9.72 Å². The molecule has 4 rings (SSSR count). The fourth-order valence-corrected chi connectivity index (χ4v) is 4.59. The van der Waals surface area contributed by atoms with Crippen molar-refractivity contribution in [3.63, 3.8) is 0 Å². The van der Waals surface area contributed by atoms with Gasteiger partial charge in [0.05, 0.1) is 11.7 Å². The molecule has 2 atom stereocenters. The predicted octanol–water partition coefficient (Wildman–Crippen LogP) is 3.65. The molecule has 0 fully saturated rings. The Bertz CT molecular complexity index is 1300. The monoisotopic (exact) mass is 461 g/mol. The Morgan fingerprint density at radius 1 is 1.26 bits per heavy atom. The molecule has 3 aromatic rings. The highest BCUT2D eigenvalue weighted by Gasteiger charge is 2.35. The van der Waals surface area contributed by atoms with Crippen LogP contribution in [-0.4, -0.2) is 40.7 Å². The van der Waals surface area contributed by atoms with E-state index in [2.05, 4.69) is 10.3 Å². The van der Waals surface area contributed by atoms with E-state index in [1.165, 1.54) is 6.92 Å². The maximum atomic E-state index is 13.6. The van der Waals surface area contributed by atoms with Crippen LogP contribution in [0.5, 0.6) is 0 Å². The summed E-state index contributed by atoms with van der Waals surface area (Å²) in [6.07, 6.45) is 1.97. The molecule has 0 amide bonds. The number of ether oxygens (including phenoxy) is 1. The van der Waals surface area contributed by atoms with E-state index < -0.39 is 0 Å². The average Bonchev–Trinajstić information content (AvgIpc) is 3.12. The fourth-order valence-electron chi connectivity index (χ4n) is 4.59. The number of carbonyl (C=O) groups excluding carboxylic acids is 1. The van der Waals surface area contributed by atoms with Crippen LogP contribution < -0.4 is 15.8 Å². The van der Waals surface area contributed by atoms with Crippen LogP contribution in [0.1, 0.15) is 42.3 Å². The number of hydrogen-bond donors (Lipinski definition) is 1. The van der Waals surface area contributed by atoms with Crippen LogP contribution in [-0.2, 0) is 22.5 Å². The van der Waals surface area contributed by atoms with Gasteiger partial charge in [0.1, 0.15) is 23.4 Å². The van der Waals surface area contributed by atoms with Crippen LogP contribution in [0.15, 0.2) is 41.3 Å². The molecule has 1 aromatic carbocycles. The molecule has 0 unspecified atom stereocenters. The summed E-state index contributed by atoms with van der Waals surface area (Å²) in [5.74, 6) is 1.13. The van der Waals surface area contributed by atoms with Gasteiger partial charge in [0.2, 0.25) is 0 Å². The normalized spacial score (nSPS) is 16.8. The van der Waals surface area contributed by atoms with Gasteiger partial charge in [0.25, 0.3) is 5.56 Å². The van der Waals surface area contributed by atoms with Gasteiger partial charge in [-0.2, -0.15) is 0 Å². The molecule has 0 aliphatic heterocycles. The van der Waals surface area contributed by atoms with E-state index in [0.717, 1.165) is 28.1 Å². The lowest BCUT2D eigenvalue weighted by molar-refractivity contribution is -0.146. The van der Waals surface area contributed by atoms with Gasteiger partial charge in [-0.25, -0.2) is 9.97 Å². The van der Waals surface area contributed by atoms with Gasteiger partial charge < -0.3 is 15.0 Å². The summed E-state index contributed by atoms with van der Waals surface area (Å²) in [5, 5.41) is 3.50. The third-order valence-electron chi connectivity index (χ3n) is 6.26. The van der Waals surface area contributed by atoms with E-state index in [1.807, 2.05) is 70.1 Å². The van der Waals surface area contributed by atoms with Crippen molar-refractivity contribution in [2.45, 2.75) is 52.8 Å². The van der Waals surface area contributed by atoms with Gasteiger partial charge in [0.15, 0.2) is 0 Å². The second kappa shape index (κ2) is 9.29. The predicted molar refractivity (Wildman–Crippen MR) is 133 cm³/mol. The molecule has 8 nitrogen and oxygen atoms in total. The number of hydrogen-bond acceptors (Lipinski definition) is 7. The summed E-state index contributed by atoms with van der Waals surface area (Å²) in [6, 6.07) is 9.70. The Morgan fingerprint density at radius 2 is 2.00 bits per heavy atom. The van der Waals surface area contributed by atoms with Gasteiger partial charge in [-0.15, -0.1) is 0 Å². The van der Waals surface area contributed by atoms with Crippen molar-refractivity contribution in [3.8, 4) is 11.3 Å². The first kappa shape index (κ1) is 23.5. The van der Waals surface area contributed by atoms with Crippen molar-refractivity contribution in [1.82, 2.24) is 14.5 Å². The molecule has 1 aliphatic carbocycles. The summed E-state index contributed by atoms with van der Waals surface area (Å²) in [4.78, 5) is 36.4. The summed E-state index contributed by atoms with van der Waals surface area (Å²) < 4.78 is 7.34. The Hall–Kier alpha value is -3.68. The minimum Gasteiger partial charge on any atom is -0.460 e. The standard InChI is InChI=1S/C26H31N5O3/c1-7-31-25(29-23-19-11-9-8-10-18(19)13-21(23)34-17(4)32)16(3)28-24(26(31)33)20-14-27-22(30(5)6)12-15(20)2/h8-12,14,21,23,29H,7,13H2,1-6H3/t21-,23-/m0/s1. The third-order valence-corrected chi connectivity index (χ3v) is 6.26. The van der Waals surface area contributed by atoms with Crippen LogP contribution in [0.2, 0.25) is 0 Å². The van der Waals surface area contributed by atoms with Gasteiger partial charge in [-0.05, 0) is 43.5 Å². The lowest BCUT2D eigenvalue weighted by atomic mass is 10.1. The highest BCUT2D eigenvalue weighted by atomic mass is 16.5. The van der Waals surface area contributed by atoms with Crippen LogP contribution in [0, 0.1) is 13.8 Å². The minimum absolute atomic E-state index is 0.187. The highest BCUT2D eigenvalue weighted by molar-refractivity contribution is 5.67. The summed E-state index contributed by atoms with van der Waals surface area (Å²) >= 11 is 0. The van der Waals surface area contributed by atoms with Gasteiger partial charge >= 0.3 is 5.97 Å². The first-order valence-corrected chi connectivity index (χ1v) is 11.5. The summed E-state index contributed by atoms with van der Waals surface area (Å²) in [6.45, 7) is 7.66. The first-order chi connectivity index (χ1) is 16.2. The molecule has 8 heteroatoms. The van der Waals surface area contributed by atoms with Gasteiger partial charge in [-0.1, -0.05) is 24.3 Å². The number of carbonyl (C=O) groups is 1. The number of nitrogens with zero attached hydrogens (tertiary/aromatic N) is 4. The van der Waals surface area contributed by atoms with E-state index >= 15 is 0 Å². The molecule has 0 saturated heterocycles. The second-order valence-corrected chi connectivity index (χ2v) is 8.87. The van der Waals surface area contributed by atoms with Gasteiger partial charge in [0, 0.05) is 45.7 Å². The molecular weight excluding hydrogens is 430 g/mol. The maximum Gasteiger partial charge on any atom is 0.302 e. The summed E-state index contributed by atoms with van der Waals surface area (Å²) in [7, 11) is 3.86. The zero-order chi connectivity index (χ0) is 24.6. The van der Waals surface area contributed by atoms with Crippen molar-refractivity contribution in [2.24, 2.45) is 0 Å². The van der Waals surface area contributed by atoms with Crippen molar-refractivity contribution >= 4 is 17.6 Å². The quantitative estimate of drug-likeness (QED) is 0.561. The minimum atomic E-state index is -0.362. The fraction of sp³-hybridized carbons (Fsp3) is 0.385. The van der Waals surface area contributed by atoms with E-state index in [-0.39, 0.29) is 23.7 Å². The number of pyridine rings is 1. The molecule has 2 heterocycles. The van der Waals surface area contributed by atoms with Crippen molar-refractivity contribution < 1.29 is 9.53 Å². The highest BCUT2D eigenvalue weighted by Crippen LogP contribution is 2.36. The molecule has 0 saturated carbocycles. The summed E-state index contributed by atoms with van der Waals surface area (Å²) in [5.41, 5.74) is 4.73. The number of esters is 1. The molecule has 1 N–H and O–H groups in total. The maximum absolute atomic E-state index is 13.6. The number of aromatic nitrogens is 3. The van der Waals surface area contributed by atoms with Gasteiger partial charge in [-0.3, -0.25) is 14.2 Å². The third kappa shape index (κ3) is 4.27. The van der Waals surface area contributed by atoms with Crippen LogP contribution in [0.4, 0.5) is 11.6 Å². The van der Waals surface area contributed by atoms with Crippen molar-refractivity contribution in [1.29, 1.82) is 0 Å². The van der Waals surface area contributed by atoms with Crippen LogP contribution in [0.3, 0.4) is 0 Å². The first-order valence-electron chi connectivity index (χ1n) is 11.5. The number of fused-ring (bicyclic) bond motifs is 1. The number of aryl methyl sites for hydroxylation is 2. The SMILES string of the molecule is CCn1c(N[C@H]2c3ccccc3C[C@@H]2OC(C)=O)c(C)nc(-c2cnc(N(C)C)cc2C)c1=O. The Balaban J connectivity index is 1.78. The Kier molecular flexibility index (Phi) is 6.41. The number of anilines is 2. The largest absolute Gasteiger partial charge is 0.460 e. The van der Waals surface area contributed by atoms with E-state index in [0.29, 0.717) is 30.2 Å². The zero-order valence-electron chi connectivity index (χ0n) is 20.5. The average molecular weight is 462 g/mol. The van der Waals surface area contributed by atoms with E-state index in [1.54, 1.807) is 10.8 Å². The Morgan fingerprint density at radius 3 is 2.65 bits per heavy atom. The molecule has 0 bridgehead atoms. The number of benzene rings is 1. The lowest BCUT2D eigenvalue weighted by Gasteiger charge is -2.25. The van der Waals surface area contributed by atoms with Crippen LogP contribution >= 0.6 is 0 Å². The molecule has 34 heavy (non-hydrogen) atoms. The molecule has 0 spiro atoms. The number of rotatable bonds is 6. The van der Waals surface area contributed by atoms with Crippen LogP contribution in [0.25, 0.3) is 11.3 Å². The lowest BCUT2D eigenvalue weighted by Crippen LogP contribution is -2.32. The molecule has 0 radical (unpaired) electrons. The molecule has 178 valence electrons. The molecular formula is C26H31N5O3. The molecule has 1 aliphatic rings. The Labute approximate surface area is 199 Å².